The average molecular weight is 399 g/mol. The summed E-state index contributed by atoms with van der Waals surface area (Å²) >= 11 is 0. The van der Waals surface area contributed by atoms with Crippen LogP contribution >= 0.6 is 0 Å². The second kappa shape index (κ2) is 9.09. The summed E-state index contributed by atoms with van der Waals surface area (Å²) in [5.74, 6) is 0.332. The Morgan fingerprint density at radius 2 is 1.97 bits per heavy atom. The maximum atomic E-state index is 13.1. The summed E-state index contributed by atoms with van der Waals surface area (Å²) < 4.78 is 1.88. The molecule has 1 aliphatic heterocycles. The number of likely N-dealkylation sites (N-methyl/N-ethyl adjacent to an activating group) is 1. The van der Waals surface area contributed by atoms with Gasteiger partial charge in [0.05, 0.1) is 6.20 Å². The molecule has 1 aliphatic rings. The van der Waals surface area contributed by atoms with Crippen molar-refractivity contribution in [2.75, 3.05) is 20.1 Å². The number of likely N-dealkylation sites (tertiary alicyclic amines) is 1. The molecule has 3 rings (SSSR count). The van der Waals surface area contributed by atoms with Crippen molar-refractivity contribution in [1.82, 2.24) is 19.6 Å². The Bertz CT molecular complexity index is 815. The summed E-state index contributed by atoms with van der Waals surface area (Å²) in [7, 11) is 1.94. The first-order valence-electron chi connectivity index (χ1n) is 10.6. The largest absolute Gasteiger partial charge is 0.379 e. The highest BCUT2D eigenvalue weighted by atomic mass is 16.3. The number of nitrogens with zero attached hydrogens (tertiary/aromatic N) is 4. The molecular weight excluding hydrogens is 364 g/mol. The lowest BCUT2D eigenvalue weighted by molar-refractivity contribution is -0.160. The third-order valence-corrected chi connectivity index (χ3v) is 5.72. The third kappa shape index (κ3) is 5.25. The number of aryl methyl sites for hydroxylation is 1. The first-order valence-corrected chi connectivity index (χ1v) is 10.6. The molecule has 6 nitrogen and oxygen atoms in total. The zero-order chi connectivity index (χ0) is 21.0. The van der Waals surface area contributed by atoms with Gasteiger partial charge in [-0.2, -0.15) is 5.10 Å². The van der Waals surface area contributed by atoms with Crippen LogP contribution in [0.5, 0.6) is 0 Å². The lowest BCUT2D eigenvalue weighted by Gasteiger charge is -2.40. The van der Waals surface area contributed by atoms with Crippen LogP contribution in [0.3, 0.4) is 0 Å². The molecule has 0 saturated carbocycles. The molecule has 158 valence electrons. The number of carbonyl (C=O) groups excluding carboxylic acids is 1. The van der Waals surface area contributed by atoms with Crippen LogP contribution in [0, 0.1) is 0 Å². The van der Waals surface area contributed by atoms with E-state index in [1.807, 2.05) is 29.0 Å². The zero-order valence-corrected chi connectivity index (χ0v) is 18.1. The molecule has 1 N–H and O–H groups in total. The fourth-order valence-electron chi connectivity index (χ4n) is 4.07. The SMILES string of the molecule is CCn1cc(CN(C)C[C@]2(O)CCCN(Cc3ccc(C(C)C)cc3)C2=O)cn1. The highest BCUT2D eigenvalue weighted by Crippen LogP contribution is 2.26. The summed E-state index contributed by atoms with van der Waals surface area (Å²) in [4.78, 5) is 16.9. The number of carbonyl (C=O) groups is 1. The predicted molar refractivity (Wildman–Crippen MR) is 114 cm³/mol. The van der Waals surface area contributed by atoms with Crippen molar-refractivity contribution in [3.05, 3.63) is 53.3 Å². The first kappa shape index (κ1) is 21.5. The Kier molecular flexibility index (Phi) is 6.75. The number of aliphatic hydroxyl groups is 1. The molecule has 1 saturated heterocycles. The molecule has 1 aromatic carbocycles. The highest BCUT2D eigenvalue weighted by Gasteiger charge is 2.42. The van der Waals surface area contributed by atoms with E-state index in [1.165, 1.54) is 5.56 Å². The van der Waals surface area contributed by atoms with Crippen molar-refractivity contribution in [2.24, 2.45) is 0 Å². The summed E-state index contributed by atoms with van der Waals surface area (Å²) in [5, 5.41) is 15.4. The Balaban J connectivity index is 1.62. The number of aromatic nitrogens is 2. The topological polar surface area (TPSA) is 61.6 Å². The van der Waals surface area contributed by atoms with E-state index in [4.69, 9.17) is 0 Å². The van der Waals surface area contributed by atoms with Crippen molar-refractivity contribution in [1.29, 1.82) is 0 Å². The van der Waals surface area contributed by atoms with Gasteiger partial charge < -0.3 is 10.0 Å². The fourth-order valence-corrected chi connectivity index (χ4v) is 4.07. The van der Waals surface area contributed by atoms with E-state index in [0.29, 0.717) is 38.5 Å². The van der Waals surface area contributed by atoms with E-state index in [1.54, 1.807) is 4.90 Å². The van der Waals surface area contributed by atoms with Crippen molar-refractivity contribution in [3.63, 3.8) is 0 Å². The normalized spacial score (nSPS) is 20.1. The lowest BCUT2D eigenvalue weighted by atomic mass is 9.90. The van der Waals surface area contributed by atoms with Crippen LogP contribution in [0.25, 0.3) is 0 Å². The van der Waals surface area contributed by atoms with Crippen molar-refractivity contribution >= 4 is 5.91 Å². The molecule has 1 amide bonds. The minimum absolute atomic E-state index is 0.159. The van der Waals surface area contributed by atoms with Crippen molar-refractivity contribution in [3.8, 4) is 0 Å². The third-order valence-electron chi connectivity index (χ3n) is 5.72. The summed E-state index contributed by atoms with van der Waals surface area (Å²) in [6.07, 6.45) is 5.18. The Hall–Kier alpha value is -2.18. The van der Waals surface area contributed by atoms with Gasteiger partial charge in [0.15, 0.2) is 5.60 Å². The Morgan fingerprint density at radius 3 is 2.59 bits per heavy atom. The molecule has 1 atom stereocenters. The van der Waals surface area contributed by atoms with Gasteiger partial charge in [0.25, 0.3) is 5.91 Å². The number of benzene rings is 1. The van der Waals surface area contributed by atoms with Gasteiger partial charge in [0.2, 0.25) is 0 Å². The van der Waals surface area contributed by atoms with E-state index in [2.05, 4.69) is 50.1 Å². The molecule has 2 aromatic rings. The molecule has 1 fully saturated rings. The van der Waals surface area contributed by atoms with E-state index < -0.39 is 5.60 Å². The molecule has 6 heteroatoms. The van der Waals surface area contributed by atoms with E-state index in [0.717, 1.165) is 24.1 Å². The maximum absolute atomic E-state index is 13.1. The number of amides is 1. The molecule has 0 unspecified atom stereocenters. The quantitative estimate of drug-likeness (QED) is 0.743. The van der Waals surface area contributed by atoms with Crippen LogP contribution in [0.4, 0.5) is 0 Å². The molecular formula is C23H34N4O2. The minimum atomic E-state index is -1.33. The molecule has 0 spiro atoms. The first-order chi connectivity index (χ1) is 13.8. The molecule has 0 radical (unpaired) electrons. The van der Waals surface area contributed by atoms with Gasteiger partial charge in [-0.15, -0.1) is 0 Å². The minimum Gasteiger partial charge on any atom is -0.379 e. The number of hydrogen-bond acceptors (Lipinski definition) is 4. The molecule has 29 heavy (non-hydrogen) atoms. The molecule has 0 bridgehead atoms. The number of hydrogen-bond donors (Lipinski definition) is 1. The smallest absolute Gasteiger partial charge is 0.256 e. The van der Waals surface area contributed by atoms with Crippen LogP contribution in [-0.4, -0.2) is 56.3 Å². The van der Waals surface area contributed by atoms with Crippen LogP contribution < -0.4 is 0 Å². The lowest BCUT2D eigenvalue weighted by Crippen LogP contribution is -2.57. The van der Waals surface area contributed by atoms with Gasteiger partial charge in [-0.3, -0.25) is 14.4 Å². The van der Waals surface area contributed by atoms with E-state index in [9.17, 15) is 9.90 Å². The molecule has 1 aromatic heterocycles. The second-order valence-electron chi connectivity index (χ2n) is 8.63. The van der Waals surface area contributed by atoms with Crippen LogP contribution in [0.2, 0.25) is 0 Å². The van der Waals surface area contributed by atoms with Gasteiger partial charge in [-0.25, -0.2) is 0 Å². The van der Waals surface area contributed by atoms with Crippen LogP contribution in [0.1, 0.15) is 56.2 Å². The predicted octanol–water partition coefficient (Wildman–Crippen LogP) is 3.01. The van der Waals surface area contributed by atoms with Crippen molar-refractivity contribution in [2.45, 2.75) is 64.8 Å². The Morgan fingerprint density at radius 1 is 1.24 bits per heavy atom. The van der Waals surface area contributed by atoms with Gasteiger partial charge in [-0.05, 0) is 43.9 Å². The van der Waals surface area contributed by atoms with Gasteiger partial charge >= 0.3 is 0 Å². The van der Waals surface area contributed by atoms with Crippen LogP contribution in [-0.2, 0) is 24.4 Å². The number of rotatable bonds is 8. The fraction of sp³-hybridized carbons (Fsp3) is 0.565. The van der Waals surface area contributed by atoms with Gasteiger partial charge in [0, 0.05) is 44.5 Å². The van der Waals surface area contributed by atoms with Gasteiger partial charge in [-0.1, -0.05) is 38.1 Å². The van der Waals surface area contributed by atoms with Gasteiger partial charge in [0.1, 0.15) is 0 Å². The summed E-state index contributed by atoms with van der Waals surface area (Å²) in [6.45, 7) is 9.46. The molecule has 0 aliphatic carbocycles. The second-order valence-corrected chi connectivity index (χ2v) is 8.63. The maximum Gasteiger partial charge on any atom is 0.256 e. The average Bonchev–Trinajstić information content (AvgIpc) is 3.13. The zero-order valence-electron chi connectivity index (χ0n) is 18.1. The summed E-state index contributed by atoms with van der Waals surface area (Å²) in [5.41, 5.74) is 2.16. The highest BCUT2D eigenvalue weighted by molar-refractivity contribution is 5.86. The van der Waals surface area contributed by atoms with Crippen LogP contribution in [0.15, 0.2) is 36.7 Å². The number of piperidine rings is 1. The monoisotopic (exact) mass is 398 g/mol. The van der Waals surface area contributed by atoms with Crippen molar-refractivity contribution < 1.29 is 9.90 Å². The van der Waals surface area contributed by atoms with E-state index >= 15 is 0 Å². The van der Waals surface area contributed by atoms with E-state index in [-0.39, 0.29) is 5.91 Å². The molecule has 2 heterocycles. The standard InChI is InChI=1S/C23H34N4O2/c1-5-27-16-20(13-24-27)14-25(4)17-23(29)11-6-12-26(22(23)28)15-19-7-9-21(10-8-19)18(2)3/h7-10,13,16,18,29H,5-6,11-12,14-15,17H2,1-4H3/t23-/m1/s1. The Labute approximate surface area is 174 Å². The summed E-state index contributed by atoms with van der Waals surface area (Å²) in [6, 6.07) is 8.44.